The van der Waals surface area contributed by atoms with Crippen molar-refractivity contribution in [2.75, 3.05) is 6.61 Å². The average Bonchev–Trinajstić information content (AvgIpc) is 0.918. The summed E-state index contributed by atoms with van der Waals surface area (Å²) in [7, 11) is 0. The Hall–Kier alpha value is 0.544. The molecule has 0 aromatic heterocycles. The van der Waals surface area contributed by atoms with E-state index in [1.165, 1.54) is 0 Å². The molecule has 0 atom stereocenters. The number of hydrogen-bond donors (Lipinski definition) is 1. The van der Waals surface area contributed by atoms with Crippen LogP contribution < -0.4 is 0 Å². The zero-order valence-electron chi connectivity index (χ0n) is 2.60. The van der Waals surface area contributed by atoms with Gasteiger partial charge in [-0.15, -0.1) is 0 Å². The summed E-state index contributed by atoms with van der Waals surface area (Å²) < 4.78 is 0. The Balaban J connectivity index is 0. The summed E-state index contributed by atoms with van der Waals surface area (Å²) in [5, 5.41) is 7.57. The fourth-order valence-corrected chi connectivity index (χ4v) is 0. The summed E-state index contributed by atoms with van der Waals surface area (Å²) in [6.07, 6.45) is 0. The third kappa shape index (κ3) is 20.5. The van der Waals surface area contributed by atoms with E-state index in [2.05, 4.69) is 0 Å². The molecule has 0 rings (SSSR count). The van der Waals surface area contributed by atoms with Crippen LogP contribution in [-0.4, -0.2) is 11.7 Å². The molecule has 0 heterocycles. The monoisotopic (exact) mass is 97.0 g/mol. The standard InChI is InChI=1S/C2H6O.V/c1-2-3;/h3H,2H2,1H3;. The Labute approximate surface area is 37.9 Å². The maximum absolute atomic E-state index is 7.57. The minimum atomic E-state index is 0. The predicted molar refractivity (Wildman–Crippen MR) is 12.8 cm³/mol. The van der Waals surface area contributed by atoms with E-state index < -0.39 is 0 Å². The molecule has 0 fully saturated rings. The Morgan fingerprint density at radius 3 is 1.75 bits per heavy atom. The number of aliphatic hydroxyl groups excluding tert-OH is 1. The zero-order valence-corrected chi connectivity index (χ0v) is 4.00. The van der Waals surface area contributed by atoms with Gasteiger partial charge in [0.1, 0.15) is 0 Å². The van der Waals surface area contributed by atoms with E-state index in [0.29, 0.717) is 0 Å². The van der Waals surface area contributed by atoms with Crippen molar-refractivity contribution in [1.29, 1.82) is 0 Å². The number of rotatable bonds is 0. The van der Waals surface area contributed by atoms with Crippen molar-refractivity contribution in [2.45, 2.75) is 6.92 Å². The summed E-state index contributed by atoms with van der Waals surface area (Å²) in [6.45, 7) is 1.93. The second kappa shape index (κ2) is 9.62. The molecule has 1 N–H and O–H groups in total. The summed E-state index contributed by atoms with van der Waals surface area (Å²) in [5.74, 6) is 0. The van der Waals surface area contributed by atoms with E-state index >= 15 is 0 Å². The maximum atomic E-state index is 7.57. The number of aliphatic hydroxyl groups is 1. The van der Waals surface area contributed by atoms with E-state index in [0.717, 1.165) is 0 Å². The van der Waals surface area contributed by atoms with Crippen LogP contribution in [0.25, 0.3) is 0 Å². The molecule has 4 heavy (non-hydrogen) atoms. The molecule has 25 valence electrons. The number of hydrogen-bond acceptors (Lipinski definition) is 1. The Morgan fingerprint density at radius 2 is 1.75 bits per heavy atom. The van der Waals surface area contributed by atoms with Gasteiger partial charge in [-0.2, -0.15) is 0 Å². The topological polar surface area (TPSA) is 20.2 Å². The van der Waals surface area contributed by atoms with Crippen molar-refractivity contribution < 1.29 is 23.7 Å². The SMILES string of the molecule is CCO.[V]. The normalized spacial score (nSPS) is 4.50. The van der Waals surface area contributed by atoms with Crippen molar-refractivity contribution in [3.63, 3.8) is 0 Å². The van der Waals surface area contributed by atoms with Crippen LogP contribution in [0.3, 0.4) is 0 Å². The van der Waals surface area contributed by atoms with Crippen LogP contribution >= 0.6 is 0 Å². The van der Waals surface area contributed by atoms with Gasteiger partial charge in [-0.1, -0.05) is 0 Å². The van der Waals surface area contributed by atoms with E-state index in [9.17, 15) is 0 Å². The quantitative estimate of drug-likeness (QED) is 0.451. The average molecular weight is 97.0 g/mol. The van der Waals surface area contributed by atoms with Crippen molar-refractivity contribution in [3.8, 4) is 0 Å². The molecule has 0 aromatic carbocycles. The molecule has 0 amide bonds. The van der Waals surface area contributed by atoms with Crippen molar-refractivity contribution in [3.05, 3.63) is 0 Å². The van der Waals surface area contributed by atoms with E-state index in [-0.39, 0.29) is 25.2 Å². The van der Waals surface area contributed by atoms with Crippen molar-refractivity contribution in [1.82, 2.24) is 0 Å². The molecule has 0 saturated carbocycles. The predicted octanol–water partition coefficient (Wildman–Crippen LogP) is -0.00390. The third-order valence-corrected chi connectivity index (χ3v) is 0. The van der Waals surface area contributed by atoms with Gasteiger partial charge >= 0.3 is 0 Å². The molecular weight excluding hydrogens is 91.0 g/mol. The van der Waals surface area contributed by atoms with Gasteiger partial charge in [0.25, 0.3) is 0 Å². The van der Waals surface area contributed by atoms with Gasteiger partial charge in [0.15, 0.2) is 0 Å². The summed E-state index contributed by atoms with van der Waals surface area (Å²) in [5.41, 5.74) is 0. The molecule has 0 aliphatic heterocycles. The minimum Gasteiger partial charge on any atom is -0.397 e. The van der Waals surface area contributed by atoms with Gasteiger partial charge < -0.3 is 5.11 Å². The molecule has 0 unspecified atom stereocenters. The van der Waals surface area contributed by atoms with Crippen LogP contribution in [0.1, 0.15) is 6.92 Å². The molecule has 0 aliphatic carbocycles. The van der Waals surface area contributed by atoms with Gasteiger partial charge in [-0.25, -0.2) is 0 Å². The largest absolute Gasteiger partial charge is 0.397 e. The first-order valence-corrected chi connectivity index (χ1v) is 1.02. The molecule has 0 spiro atoms. The molecule has 0 aromatic rings. The van der Waals surface area contributed by atoms with Crippen molar-refractivity contribution >= 4 is 0 Å². The molecular formula is C2H6OV. The third-order valence-electron chi connectivity index (χ3n) is 0. The van der Waals surface area contributed by atoms with Crippen LogP contribution in [0.15, 0.2) is 0 Å². The maximum Gasteiger partial charge on any atom is 0.0402 e. The molecule has 1 radical (unpaired) electrons. The molecule has 0 saturated heterocycles. The summed E-state index contributed by atoms with van der Waals surface area (Å²) >= 11 is 0. The first-order valence-electron chi connectivity index (χ1n) is 1.02. The van der Waals surface area contributed by atoms with Gasteiger partial charge in [-0.05, 0) is 6.92 Å². The van der Waals surface area contributed by atoms with Crippen LogP contribution in [-0.2, 0) is 18.6 Å². The van der Waals surface area contributed by atoms with E-state index in [1.807, 2.05) is 0 Å². The first-order chi connectivity index (χ1) is 1.41. The second-order valence-electron chi connectivity index (χ2n) is 0.316. The fourth-order valence-electron chi connectivity index (χ4n) is 0. The molecule has 1 nitrogen and oxygen atoms in total. The molecule has 0 aliphatic rings. The van der Waals surface area contributed by atoms with Gasteiger partial charge in [0, 0.05) is 25.2 Å². The van der Waals surface area contributed by atoms with Gasteiger partial charge in [0.05, 0.1) is 0 Å². The Bertz CT molecular complexity index is 6.00. The zero-order chi connectivity index (χ0) is 2.71. The summed E-state index contributed by atoms with van der Waals surface area (Å²) in [4.78, 5) is 0. The first kappa shape index (κ1) is 8.82. The van der Waals surface area contributed by atoms with Crippen LogP contribution in [0.2, 0.25) is 0 Å². The Morgan fingerprint density at radius 1 is 1.75 bits per heavy atom. The van der Waals surface area contributed by atoms with Crippen molar-refractivity contribution in [2.24, 2.45) is 0 Å². The summed E-state index contributed by atoms with van der Waals surface area (Å²) in [6, 6.07) is 0. The van der Waals surface area contributed by atoms with Crippen LogP contribution in [0.4, 0.5) is 0 Å². The molecule has 0 bridgehead atoms. The van der Waals surface area contributed by atoms with E-state index in [1.54, 1.807) is 6.92 Å². The smallest absolute Gasteiger partial charge is 0.0402 e. The van der Waals surface area contributed by atoms with Crippen LogP contribution in [0, 0.1) is 0 Å². The van der Waals surface area contributed by atoms with Gasteiger partial charge in [-0.3, -0.25) is 0 Å². The molecule has 2 heteroatoms. The van der Waals surface area contributed by atoms with Gasteiger partial charge in [0.2, 0.25) is 0 Å². The van der Waals surface area contributed by atoms with E-state index in [4.69, 9.17) is 5.11 Å². The fraction of sp³-hybridized carbons (Fsp3) is 1.00. The Kier molecular flexibility index (Phi) is 21.2. The minimum absolute atomic E-state index is 0. The van der Waals surface area contributed by atoms with Crippen LogP contribution in [0.5, 0.6) is 0 Å². The second-order valence-corrected chi connectivity index (χ2v) is 0.316.